The van der Waals surface area contributed by atoms with E-state index in [1.54, 1.807) is 6.07 Å². The minimum Gasteiger partial charge on any atom is -0.366 e. The third kappa shape index (κ3) is 3.48. The second kappa shape index (κ2) is 6.98. The van der Waals surface area contributed by atoms with E-state index in [-0.39, 0.29) is 11.7 Å². The van der Waals surface area contributed by atoms with Crippen molar-refractivity contribution in [2.45, 2.75) is 43.3 Å². The molecule has 1 aliphatic heterocycles. The molecule has 4 saturated carbocycles. The van der Waals surface area contributed by atoms with Crippen LogP contribution in [0.25, 0.3) is 0 Å². The van der Waals surface area contributed by atoms with E-state index < -0.39 is 0 Å². The summed E-state index contributed by atoms with van der Waals surface area (Å²) >= 11 is 1.97. The van der Waals surface area contributed by atoms with Crippen molar-refractivity contribution in [2.24, 2.45) is 17.8 Å². The molecule has 0 unspecified atom stereocenters. The second-order valence-electron chi connectivity index (χ2n) is 9.21. The third-order valence-corrected chi connectivity index (χ3v) is 8.81. The summed E-state index contributed by atoms with van der Waals surface area (Å²) in [6.07, 6.45) is 8.39. The molecule has 5 fully saturated rings. The Labute approximate surface area is 165 Å². The van der Waals surface area contributed by atoms with E-state index in [9.17, 15) is 9.18 Å². The number of carbonyl (C=O) groups excluding carboxylic acids is 1. The van der Waals surface area contributed by atoms with Gasteiger partial charge in [-0.25, -0.2) is 4.39 Å². The number of piperazine rings is 1. The highest BCUT2D eigenvalue weighted by atomic mass is 32.2. The lowest BCUT2D eigenvalue weighted by atomic mass is 9.56. The van der Waals surface area contributed by atoms with E-state index in [2.05, 4.69) is 4.90 Å². The molecule has 0 radical (unpaired) electrons. The zero-order chi connectivity index (χ0) is 18.4. The highest BCUT2D eigenvalue weighted by Gasteiger charge is 2.51. The summed E-state index contributed by atoms with van der Waals surface area (Å²) in [7, 11) is 0. The van der Waals surface area contributed by atoms with Crippen LogP contribution < -0.4 is 4.90 Å². The van der Waals surface area contributed by atoms with Gasteiger partial charge in [-0.15, -0.1) is 11.8 Å². The number of hydrogen-bond donors (Lipinski definition) is 0. The van der Waals surface area contributed by atoms with Gasteiger partial charge in [-0.3, -0.25) is 4.79 Å². The van der Waals surface area contributed by atoms with E-state index in [0.29, 0.717) is 42.4 Å². The van der Waals surface area contributed by atoms with Crippen LogP contribution in [0.2, 0.25) is 0 Å². The number of para-hydroxylation sites is 1. The number of hydrogen-bond acceptors (Lipinski definition) is 3. The predicted molar refractivity (Wildman–Crippen MR) is 109 cm³/mol. The van der Waals surface area contributed by atoms with Crippen molar-refractivity contribution >= 4 is 23.4 Å². The summed E-state index contributed by atoms with van der Waals surface area (Å²) in [5.41, 5.74) is 0.660. The molecule has 1 aromatic carbocycles. The van der Waals surface area contributed by atoms with Crippen molar-refractivity contribution in [3.05, 3.63) is 30.1 Å². The summed E-state index contributed by atoms with van der Waals surface area (Å²) in [5, 5.41) is 0. The zero-order valence-electron chi connectivity index (χ0n) is 15.9. The fraction of sp³-hybridized carbons (Fsp3) is 0.682. The molecular formula is C22H29FN2OS. The number of carbonyl (C=O) groups is 1. The van der Waals surface area contributed by atoms with Gasteiger partial charge in [-0.2, -0.15) is 0 Å². The van der Waals surface area contributed by atoms with Crippen LogP contribution in [-0.4, -0.2) is 47.5 Å². The topological polar surface area (TPSA) is 23.6 Å². The highest BCUT2D eigenvalue weighted by molar-refractivity contribution is 8.01. The molecule has 4 bridgehead atoms. The number of rotatable bonds is 4. The molecule has 5 heteroatoms. The molecule has 0 atom stereocenters. The van der Waals surface area contributed by atoms with Crippen molar-refractivity contribution in [3.8, 4) is 0 Å². The maximum absolute atomic E-state index is 14.0. The zero-order valence-corrected chi connectivity index (χ0v) is 16.7. The van der Waals surface area contributed by atoms with Crippen LogP contribution in [0.4, 0.5) is 10.1 Å². The summed E-state index contributed by atoms with van der Waals surface area (Å²) in [6.45, 7) is 2.84. The summed E-state index contributed by atoms with van der Waals surface area (Å²) in [5.74, 6) is 3.54. The van der Waals surface area contributed by atoms with Crippen LogP contribution in [0.1, 0.15) is 38.5 Å². The number of nitrogens with zero attached hydrogens (tertiary/aromatic N) is 2. The lowest BCUT2D eigenvalue weighted by molar-refractivity contribution is -0.128. The number of halogens is 1. The first-order chi connectivity index (χ1) is 13.1. The van der Waals surface area contributed by atoms with Crippen LogP contribution in [0.3, 0.4) is 0 Å². The van der Waals surface area contributed by atoms with Gasteiger partial charge in [0.05, 0.1) is 11.4 Å². The smallest absolute Gasteiger partial charge is 0.232 e. The van der Waals surface area contributed by atoms with Gasteiger partial charge >= 0.3 is 0 Å². The lowest BCUT2D eigenvalue weighted by Gasteiger charge is -2.56. The van der Waals surface area contributed by atoms with Crippen molar-refractivity contribution in [1.82, 2.24) is 4.90 Å². The van der Waals surface area contributed by atoms with Crippen LogP contribution in [-0.2, 0) is 4.79 Å². The monoisotopic (exact) mass is 388 g/mol. The molecule has 1 aromatic rings. The number of benzene rings is 1. The molecule has 1 amide bonds. The van der Waals surface area contributed by atoms with Crippen LogP contribution in [0, 0.1) is 23.6 Å². The quantitative estimate of drug-likeness (QED) is 0.773. The van der Waals surface area contributed by atoms with E-state index in [0.717, 1.165) is 17.8 Å². The molecule has 3 nitrogen and oxygen atoms in total. The SMILES string of the molecule is O=C(CSC12CC3CC(CC(C3)C1)C2)N1CCN(c2ccccc2F)CC1. The molecule has 0 aromatic heterocycles. The molecule has 4 aliphatic carbocycles. The highest BCUT2D eigenvalue weighted by Crippen LogP contribution is 2.60. The molecular weight excluding hydrogens is 359 g/mol. The first kappa shape index (κ1) is 17.8. The fourth-order valence-corrected chi connectivity index (χ4v) is 8.09. The van der Waals surface area contributed by atoms with Gasteiger partial charge in [0.15, 0.2) is 0 Å². The van der Waals surface area contributed by atoms with Gasteiger partial charge < -0.3 is 9.80 Å². The minimum absolute atomic E-state index is 0.172. The summed E-state index contributed by atoms with van der Waals surface area (Å²) < 4.78 is 14.4. The molecule has 1 heterocycles. The molecule has 6 rings (SSSR count). The molecule has 27 heavy (non-hydrogen) atoms. The first-order valence-corrected chi connectivity index (χ1v) is 11.5. The standard InChI is InChI=1S/C22H29FN2OS/c23-19-3-1-2-4-20(19)24-5-7-25(8-6-24)21(26)15-27-22-12-16-9-17(13-22)11-18(10-16)14-22/h1-4,16-18H,5-15H2. The predicted octanol–water partition coefficient (Wildman–Crippen LogP) is 4.18. The Hall–Kier alpha value is -1.23. The van der Waals surface area contributed by atoms with E-state index in [1.165, 1.54) is 44.6 Å². The average molecular weight is 389 g/mol. The van der Waals surface area contributed by atoms with Crippen molar-refractivity contribution in [3.63, 3.8) is 0 Å². The van der Waals surface area contributed by atoms with Gasteiger partial charge in [-0.1, -0.05) is 12.1 Å². The van der Waals surface area contributed by atoms with E-state index in [1.807, 2.05) is 28.8 Å². The summed E-state index contributed by atoms with van der Waals surface area (Å²) in [6, 6.07) is 6.93. The summed E-state index contributed by atoms with van der Waals surface area (Å²) in [4.78, 5) is 16.9. The number of anilines is 1. The van der Waals surface area contributed by atoms with Crippen molar-refractivity contribution in [2.75, 3.05) is 36.8 Å². The number of thioether (sulfide) groups is 1. The minimum atomic E-state index is -0.172. The van der Waals surface area contributed by atoms with E-state index >= 15 is 0 Å². The van der Waals surface area contributed by atoms with Gasteiger partial charge in [0.25, 0.3) is 0 Å². The molecule has 5 aliphatic rings. The largest absolute Gasteiger partial charge is 0.366 e. The maximum atomic E-state index is 14.0. The average Bonchev–Trinajstić information content (AvgIpc) is 2.66. The maximum Gasteiger partial charge on any atom is 0.232 e. The van der Waals surface area contributed by atoms with Crippen molar-refractivity contribution in [1.29, 1.82) is 0 Å². The molecule has 146 valence electrons. The van der Waals surface area contributed by atoms with Gasteiger partial charge in [0, 0.05) is 30.9 Å². The fourth-order valence-electron chi connectivity index (χ4n) is 6.42. The van der Waals surface area contributed by atoms with Crippen LogP contribution in [0.15, 0.2) is 24.3 Å². The van der Waals surface area contributed by atoms with Crippen LogP contribution >= 0.6 is 11.8 Å². The Morgan fingerprint density at radius 1 is 1.00 bits per heavy atom. The van der Waals surface area contributed by atoms with Crippen LogP contribution in [0.5, 0.6) is 0 Å². The Kier molecular flexibility index (Phi) is 4.61. The molecule has 1 saturated heterocycles. The van der Waals surface area contributed by atoms with Gasteiger partial charge in [0.2, 0.25) is 5.91 Å². The van der Waals surface area contributed by atoms with Gasteiger partial charge in [0.1, 0.15) is 5.82 Å². The van der Waals surface area contributed by atoms with E-state index in [4.69, 9.17) is 0 Å². The Balaban J connectivity index is 1.15. The Bertz CT molecular complexity index is 681. The second-order valence-corrected chi connectivity index (χ2v) is 10.7. The normalized spacial score (nSPS) is 34.9. The lowest BCUT2D eigenvalue weighted by Crippen LogP contribution is -2.51. The molecule has 0 N–H and O–H groups in total. The van der Waals surface area contributed by atoms with Crippen molar-refractivity contribution < 1.29 is 9.18 Å². The first-order valence-electron chi connectivity index (χ1n) is 10.5. The third-order valence-electron chi connectivity index (χ3n) is 7.31. The Morgan fingerprint density at radius 2 is 1.59 bits per heavy atom. The number of amides is 1. The molecule has 0 spiro atoms. The Morgan fingerprint density at radius 3 is 2.19 bits per heavy atom. The van der Waals surface area contributed by atoms with Gasteiger partial charge in [-0.05, 0) is 68.4 Å².